The highest BCUT2D eigenvalue weighted by Gasteiger charge is 2.15. The molecule has 0 aliphatic heterocycles. The minimum absolute atomic E-state index is 0.312. The Labute approximate surface area is 164 Å². The zero-order valence-corrected chi connectivity index (χ0v) is 16.8. The van der Waals surface area contributed by atoms with Crippen LogP contribution >= 0.6 is 23.1 Å². The van der Waals surface area contributed by atoms with E-state index in [1.54, 1.807) is 36.0 Å². The van der Waals surface area contributed by atoms with Crippen molar-refractivity contribution in [2.24, 2.45) is 4.99 Å². The molecule has 1 amide bonds. The molecule has 0 atom stereocenters. The predicted octanol–water partition coefficient (Wildman–Crippen LogP) is 3.96. The summed E-state index contributed by atoms with van der Waals surface area (Å²) in [7, 11) is 3.03. The number of thioether (sulfide) groups is 1. The van der Waals surface area contributed by atoms with E-state index >= 15 is 0 Å². The minimum atomic E-state index is -0.435. The van der Waals surface area contributed by atoms with Crippen molar-refractivity contribution in [2.75, 3.05) is 26.2 Å². The molecule has 5 nitrogen and oxygen atoms in total. The van der Waals surface area contributed by atoms with E-state index in [-0.39, 0.29) is 5.82 Å². The van der Waals surface area contributed by atoms with Gasteiger partial charge in [-0.05, 0) is 42.7 Å². The quantitative estimate of drug-likeness (QED) is 0.622. The lowest BCUT2D eigenvalue weighted by molar-refractivity contribution is 0.0994. The molecule has 1 aromatic heterocycles. The van der Waals surface area contributed by atoms with E-state index in [2.05, 4.69) is 4.99 Å². The number of carbonyl (C=O) groups is 1. The van der Waals surface area contributed by atoms with Gasteiger partial charge in [0, 0.05) is 12.3 Å². The van der Waals surface area contributed by atoms with Gasteiger partial charge >= 0.3 is 0 Å². The number of benzene rings is 2. The number of halogens is 1. The maximum atomic E-state index is 13.6. The van der Waals surface area contributed by atoms with Crippen LogP contribution in [0.15, 0.2) is 41.4 Å². The Balaban J connectivity index is 2.13. The van der Waals surface area contributed by atoms with Gasteiger partial charge < -0.3 is 14.0 Å². The van der Waals surface area contributed by atoms with E-state index in [4.69, 9.17) is 9.47 Å². The number of rotatable bonds is 6. The van der Waals surface area contributed by atoms with Crippen LogP contribution in [0.2, 0.25) is 0 Å². The molecule has 3 rings (SSSR count). The molecule has 2 aromatic carbocycles. The van der Waals surface area contributed by atoms with Crippen molar-refractivity contribution in [1.82, 2.24) is 4.57 Å². The maximum Gasteiger partial charge on any atom is 0.283 e. The molecule has 0 aliphatic rings. The van der Waals surface area contributed by atoms with Gasteiger partial charge in [-0.15, -0.1) is 0 Å². The van der Waals surface area contributed by atoms with Crippen LogP contribution < -0.4 is 14.3 Å². The van der Waals surface area contributed by atoms with Crippen LogP contribution in [0.1, 0.15) is 10.4 Å². The average molecular weight is 407 g/mol. The van der Waals surface area contributed by atoms with E-state index in [9.17, 15) is 9.18 Å². The van der Waals surface area contributed by atoms with E-state index in [1.165, 1.54) is 37.7 Å². The number of fused-ring (bicyclic) bond motifs is 1. The van der Waals surface area contributed by atoms with Crippen LogP contribution in [-0.4, -0.2) is 36.7 Å². The summed E-state index contributed by atoms with van der Waals surface area (Å²) in [5.74, 6) is 1.08. The van der Waals surface area contributed by atoms with Crippen LogP contribution in [0.3, 0.4) is 0 Å². The SMILES string of the molecule is COc1ccc(OC)c(C(=O)N=c2sc3cc(F)ccc3n2CCSC)c1. The Kier molecular flexibility index (Phi) is 6.18. The molecule has 0 saturated heterocycles. The lowest BCUT2D eigenvalue weighted by Crippen LogP contribution is -2.18. The lowest BCUT2D eigenvalue weighted by Gasteiger charge is -2.07. The number of thiazole rings is 1. The molecule has 142 valence electrons. The van der Waals surface area contributed by atoms with Gasteiger partial charge in [-0.1, -0.05) is 11.3 Å². The first-order valence-electron chi connectivity index (χ1n) is 8.16. The summed E-state index contributed by atoms with van der Waals surface area (Å²) in [5.41, 5.74) is 1.18. The van der Waals surface area contributed by atoms with Crippen LogP contribution in [0, 0.1) is 5.82 Å². The van der Waals surface area contributed by atoms with E-state index in [0.29, 0.717) is 28.4 Å². The molecule has 8 heteroatoms. The number of carbonyl (C=O) groups excluding carboxylic acids is 1. The van der Waals surface area contributed by atoms with Gasteiger partial charge in [-0.25, -0.2) is 4.39 Å². The van der Waals surface area contributed by atoms with Crippen LogP contribution in [-0.2, 0) is 6.54 Å². The van der Waals surface area contributed by atoms with Gasteiger partial charge in [-0.3, -0.25) is 4.79 Å². The van der Waals surface area contributed by atoms with Gasteiger partial charge in [0.2, 0.25) is 0 Å². The van der Waals surface area contributed by atoms with Crippen molar-refractivity contribution in [3.8, 4) is 11.5 Å². The third kappa shape index (κ3) is 4.17. The second kappa shape index (κ2) is 8.58. The fraction of sp³-hybridized carbons (Fsp3) is 0.263. The van der Waals surface area contributed by atoms with Crippen molar-refractivity contribution in [3.05, 3.63) is 52.6 Å². The van der Waals surface area contributed by atoms with Crippen molar-refractivity contribution in [3.63, 3.8) is 0 Å². The Hall–Kier alpha value is -2.32. The molecule has 27 heavy (non-hydrogen) atoms. The normalized spacial score (nSPS) is 11.8. The molecule has 0 aliphatic carbocycles. The zero-order valence-electron chi connectivity index (χ0n) is 15.2. The van der Waals surface area contributed by atoms with Crippen LogP contribution in [0.25, 0.3) is 10.2 Å². The summed E-state index contributed by atoms with van der Waals surface area (Å²) in [6, 6.07) is 9.59. The van der Waals surface area contributed by atoms with Gasteiger partial charge in [0.25, 0.3) is 5.91 Å². The number of nitrogens with zero attached hydrogens (tertiary/aromatic N) is 2. The standard InChI is InChI=1S/C19H19FN2O3S2/c1-24-13-5-7-16(25-2)14(11-13)18(23)21-19-22(8-9-26-3)15-6-4-12(20)10-17(15)27-19/h4-7,10-11H,8-9H2,1-3H3. The summed E-state index contributed by atoms with van der Waals surface area (Å²) in [6.45, 7) is 0.675. The summed E-state index contributed by atoms with van der Waals surface area (Å²) < 4.78 is 26.8. The zero-order chi connectivity index (χ0) is 19.4. The van der Waals surface area contributed by atoms with E-state index in [1.807, 2.05) is 10.8 Å². The minimum Gasteiger partial charge on any atom is -0.497 e. The van der Waals surface area contributed by atoms with Crippen molar-refractivity contribution >= 4 is 39.2 Å². The second-order valence-electron chi connectivity index (χ2n) is 5.62. The number of hydrogen-bond acceptors (Lipinski definition) is 5. The fourth-order valence-corrected chi connectivity index (χ4v) is 4.10. The first kappa shape index (κ1) is 19.4. The summed E-state index contributed by atoms with van der Waals surface area (Å²) >= 11 is 2.98. The fourth-order valence-electron chi connectivity index (χ4n) is 2.66. The van der Waals surface area contributed by atoms with Crippen molar-refractivity contribution < 1.29 is 18.7 Å². The first-order valence-corrected chi connectivity index (χ1v) is 10.4. The summed E-state index contributed by atoms with van der Waals surface area (Å²) in [6.07, 6.45) is 2.01. The smallest absolute Gasteiger partial charge is 0.283 e. The third-order valence-corrected chi connectivity index (χ3v) is 5.63. The molecule has 0 N–H and O–H groups in total. The number of aromatic nitrogens is 1. The molecule has 0 saturated carbocycles. The maximum absolute atomic E-state index is 13.6. The summed E-state index contributed by atoms with van der Waals surface area (Å²) in [4.78, 5) is 17.7. The molecule has 0 fully saturated rings. The molecule has 0 bridgehead atoms. The Morgan fingerprint density at radius 3 is 2.74 bits per heavy atom. The highest BCUT2D eigenvalue weighted by atomic mass is 32.2. The molecule has 1 heterocycles. The monoisotopic (exact) mass is 406 g/mol. The predicted molar refractivity (Wildman–Crippen MR) is 108 cm³/mol. The highest BCUT2D eigenvalue weighted by Crippen LogP contribution is 2.25. The van der Waals surface area contributed by atoms with Gasteiger partial charge in [0.15, 0.2) is 4.80 Å². The Bertz CT molecular complexity index is 1040. The number of aryl methyl sites for hydroxylation is 1. The molecular formula is C19H19FN2O3S2. The van der Waals surface area contributed by atoms with Gasteiger partial charge in [0.1, 0.15) is 17.3 Å². The first-order chi connectivity index (χ1) is 13.1. The number of ether oxygens (including phenoxy) is 2. The lowest BCUT2D eigenvalue weighted by atomic mass is 10.2. The summed E-state index contributed by atoms with van der Waals surface area (Å²) in [5, 5.41) is 0. The van der Waals surface area contributed by atoms with Gasteiger partial charge in [-0.2, -0.15) is 16.8 Å². The Morgan fingerprint density at radius 1 is 1.22 bits per heavy atom. The molecule has 3 aromatic rings. The highest BCUT2D eigenvalue weighted by molar-refractivity contribution is 7.98. The largest absolute Gasteiger partial charge is 0.497 e. The van der Waals surface area contributed by atoms with Crippen molar-refractivity contribution in [1.29, 1.82) is 0 Å². The molecular weight excluding hydrogens is 387 g/mol. The molecule has 0 radical (unpaired) electrons. The van der Waals surface area contributed by atoms with E-state index in [0.717, 1.165) is 16.0 Å². The van der Waals surface area contributed by atoms with Crippen LogP contribution in [0.4, 0.5) is 4.39 Å². The molecule has 0 spiro atoms. The molecule has 0 unspecified atom stereocenters. The average Bonchev–Trinajstić information content (AvgIpc) is 3.01. The van der Waals surface area contributed by atoms with Gasteiger partial charge in [0.05, 0.1) is 30.0 Å². The second-order valence-corrected chi connectivity index (χ2v) is 7.62. The number of methoxy groups -OCH3 is 2. The number of hydrogen-bond donors (Lipinski definition) is 0. The number of amides is 1. The Morgan fingerprint density at radius 2 is 2.04 bits per heavy atom. The third-order valence-electron chi connectivity index (χ3n) is 4.00. The van der Waals surface area contributed by atoms with E-state index < -0.39 is 5.91 Å². The topological polar surface area (TPSA) is 52.8 Å². The van der Waals surface area contributed by atoms with Crippen molar-refractivity contribution in [2.45, 2.75) is 6.54 Å². The van der Waals surface area contributed by atoms with Crippen LogP contribution in [0.5, 0.6) is 11.5 Å².